The summed E-state index contributed by atoms with van der Waals surface area (Å²) in [7, 11) is 0. The van der Waals surface area contributed by atoms with Crippen molar-refractivity contribution >= 4 is 5.78 Å². The molecule has 0 amide bonds. The Balaban J connectivity index is 2.17. The molecule has 1 aliphatic rings. The lowest BCUT2D eigenvalue weighted by Crippen LogP contribution is -2.35. The molecule has 0 aromatic carbocycles. The molecule has 1 fully saturated rings. The Morgan fingerprint density at radius 2 is 2.36 bits per heavy atom. The van der Waals surface area contributed by atoms with Gasteiger partial charge in [-0.3, -0.25) is 9.78 Å². The molecule has 0 radical (unpaired) electrons. The summed E-state index contributed by atoms with van der Waals surface area (Å²) in [6, 6.07) is 3.08. The molecule has 3 heteroatoms. The summed E-state index contributed by atoms with van der Waals surface area (Å²) in [5.41, 5.74) is 0.845. The number of hydrogen-bond donors (Lipinski definition) is 0. The van der Waals surface area contributed by atoms with Crippen LogP contribution in [0.5, 0.6) is 0 Å². The fourth-order valence-corrected chi connectivity index (χ4v) is 2.00. The quantitative estimate of drug-likeness (QED) is 0.721. The lowest BCUT2D eigenvalue weighted by Gasteiger charge is -2.33. The molecule has 1 aromatic rings. The van der Waals surface area contributed by atoms with E-state index in [0.717, 1.165) is 12.1 Å². The summed E-state index contributed by atoms with van der Waals surface area (Å²) in [6.45, 7) is 2.00. The second-order valence-corrected chi connectivity index (χ2v) is 3.69. The van der Waals surface area contributed by atoms with Crippen LogP contribution in [0.3, 0.4) is 0 Å². The van der Waals surface area contributed by atoms with Crippen LogP contribution in [-0.4, -0.2) is 10.8 Å². The molecule has 0 N–H and O–H groups in total. The molecule has 2 atom stereocenters. The highest BCUT2D eigenvalue weighted by atomic mass is 19.1. The van der Waals surface area contributed by atoms with Crippen LogP contribution in [-0.2, 0) is 4.79 Å². The van der Waals surface area contributed by atoms with Gasteiger partial charge in [-0.2, -0.15) is 0 Å². The first kappa shape index (κ1) is 9.31. The molecule has 1 aromatic heterocycles. The molecule has 2 unspecified atom stereocenters. The highest BCUT2D eigenvalue weighted by Gasteiger charge is 2.39. The Labute approximate surface area is 82.2 Å². The van der Waals surface area contributed by atoms with Crippen LogP contribution in [0.1, 0.15) is 31.4 Å². The second kappa shape index (κ2) is 3.48. The molecule has 0 saturated heterocycles. The summed E-state index contributed by atoms with van der Waals surface area (Å²) >= 11 is 0. The van der Waals surface area contributed by atoms with E-state index in [1.807, 2.05) is 6.92 Å². The second-order valence-electron chi connectivity index (χ2n) is 3.69. The zero-order valence-electron chi connectivity index (χ0n) is 8.03. The van der Waals surface area contributed by atoms with E-state index in [4.69, 9.17) is 0 Å². The predicted octanol–water partition coefficient (Wildman–Crippen LogP) is 2.30. The van der Waals surface area contributed by atoms with Crippen LogP contribution in [0.2, 0.25) is 0 Å². The first-order valence-electron chi connectivity index (χ1n) is 4.86. The van der Waals surface area contributed by atoms with Gasteiger partial charge in [-0.1, -0.05) is 6.92 Å². The third-order valence-electron chi connectivity index (χ3n) is 2.89. The molecule has 1 saturated carbocycles. The van der Waals surface area contributed by atoms with Gasteiger partial charge >= 0.3 is 0 Å². The van der Waals surface area contributed by atoms with Crippen molar-refractivity contribution in [3.8, 4) is 0 Å². The number of ketones is 1. The van der Waals surface area contributed by atoms with Crippen molar-refractivity contribution in [2.75, 3.05) is 0 Å². The van der Waals surface area contributed by atoms with Crippen molar-refractivity contribution in [1.29, 1.82) is 0 Å². The molecule has 74 valence electrons. The first-order chi connectivity index (χ1) is 6.72. The largest absolute Gasteiger partial charge is 0.299 e. The van der Waals surface area contributed by atoms with E-state index < -0.39 is 0 Å². The van der Waals surface area contributed by atoms with E-state index in [2.05, 4.69) is 4.98 Å². The first-order valence-corrected chi connectivity index (χ1v) is 4.86. The smallest absolute Gasteiger partial charge is 0.141 e. The van der Waals surface area contributed by atoms with Crippen LogP contribution in [0.4, 0.5) is 4.39 Å². The van der Waals surface area contributed by atoms with E-state index in [0.29, 0.717) is 12.2 Å². The number of aromatic nitrogens is 1. The van der Waals surface area contributed by atoms with Gasteiger partial charge in [-0.05, 0) is 18.6 Å². The maximum absolute atomic E-state index is 12.6. The average Bonchev–Trinajstić information content (AvgIpc) is 2.16. The van der Waals surface area contributed by atoms with Gasteiger partial charge in [-0.25, -0.2) is 4.39 Å². The zero-order valence-corrected chi connectivity index (χ0v) is 8.03. The molecule has 0 aliphatic heterocycles. The number of halogens is 1. The minimum absolute atomic E-state index is 0.105. The van der Waals surface area contributed by atoms with Gasteiger partial charge in [-0.15, -0.1) is 0 Å². The number of pyridine rings is 1. The van der Waals surface area contributed by atoms with Crippen LogP contribution in [0.15, 0.2) is 18.3 Å². The highest BCUT2D eigenvalue weighted by molar-refractivity contribution is 5.89. The Morgan fingerprint density at radius 1 is 1.57 bits per heavy atom. The molecule has 2 rings (SSSR count). The highest BCUT2D eigenvalue weighted by Crippen LogP contribution is 2.40. The van der Waals surface area contributed by atoms with Gasteiger partial charge < -0.3 is 0 Å². The van der Waals surface area contributed by atoms with Crippen molar-refractivity contribution < 1.29 is 9.18 Å². The molecular formula is C11H12FNO. The van der Waals surface area contributed by atoms with Crippen molar-refractivity contribution in [3.05, 3.63) is 29.8 Å². The summed E-state index contributed by atoms with van der Waals surface area (Å²) in [5, 5.41) is 0. The third kappa shape index (κ3) is 1.43. The molecule has 1 heterocycles. The topological polar surface area (TPSA) is 30.0 Å². The Morgan fingerprint density at radius 3 is 2.86 bits per heavy atom. The Kier molecular flexibility index (Phi) is 2.32. The Hall–Kier alpha value is -1.25. The molecule has 1 aliphatic carbocycles. The number of carbonyl (C=O) groups excluding carboxylic acids is 1. The molecule has 14 heavy (non-hydrogen) atoms. The van der Waals surface area contributed by atoms with Gasteiger partial charge in [0.1, 0.15) is 11.6 Å². The van der Waals surface area contributed by atoms with Gasteiger partial charge in [0.2, 0.25) is 0 Å². The van der Waals surface area contributed by atoms with Gasteiger partial charge in [0, 0.05) is 24.0 Å². The van der Waals surface area contributed by atoms with E-state index in [1.54, 1.807) is 6.07 Å². The minimum atomic E-state index is -0.326. The number of rotatable bonds is 2. The molecule has 2 nitrogen and oxygen atoms in total. The van der Waals surface area contributed by atoms with E-state index >= 15 is 0 Å². The minimum Gasteiger partial charge on any atom is -0.299 e. The van der Waals surface area contributed by atoms with Crippen LogP contribution >= 0.6 is 0 Å². The standard InChI is InChI=1S/C11H12FNO/c1-2-8-9(5-11(8)14)10-4-3-7(12)6-13-10/h3-4,6,8-9H,2,5H2,1H3. The summed E-state index contributed by atoms with van der Waals surface area (Å²) < 4.78 is 12.6. The lowest BCUT2D eigenvalue weighted by molar-refractivity contribution is -0.131. The van der Waals surface area contributed by atoms with E-state index in [9.17, 15) is 9.18 Å². The fraction of sp³-hybridized carbons (Fsp3) is 0.455. The van der Waals surface area contributed by atoms with Crippen molar-refractivity contribution in [1.82, 2.24) is 4.98 Å². The normalized spacial score (nSPS) is 26.0. The fourth-order valence-electron chi connectivity index (χ4n) is 2.00. The molecule has 0 spiro atoms. The maximum Gasteiger partial charge on any atom is 0.141 e. The molecular weight excluding hydrogens is 181 g/mol. The van der Waals surface area contributed by atoms with E-state index in [-0.39, 0.29) is 17.7 Å². The SMILES string of the molecule is CCC1C(=O)CC1c1ccc(F)cn1. The summed E-state index contributed by atoms with van der Waals surface area (Å²) in [5.74, 6) is 0.303. The number of Topliss-reactive ketones (excluding diaryl/α,β-unsaturated/α-hetero) is 1. The van der Waals surface area contributed by atoms with Crippen LogP contribution in [0.25, 0.3) is 0 Å². The monoisotopic (exact) mass is 193 g/mol. The number of hydrogen-bond acceptors (Lipinski definition) is 2. The molecule has 0 bridgehead atoms. The number of nitrogens with zero attached hydrogens (tertiary/aromatic N) is 1. The van der Waals surface area contributed by atoms with E-state index in [1.165, 1.54) is 12.3 Å². The van der Waals surface area contributed by atoms with Gasteiger partial charge in [0.25, 0.3) is 0 Å². The zero-order chi connectivity index (χ0) is 10.1. The van der Waals surface area contributed by atoms with Crippen molar-refractivity contribution in [2.45, 2.75) is 25.7 Å². The maximum atomic E-state index is 12.6. The van der Waals surface area contributed by atoms with Crippen LogP contribution in [0, 0.1) is 11.7 Å². The predicted molar refractivity (Wildman–Crippen MR) is 50.3 cm³/mol. The van der Waals surface area contributed by atoms with Gasteiger partial charge in [0.15, 0.2) is 0 Å². The Bertz CT molecular complexity index is 347. The van der Waals surface area contributed by atoms with Crippen molar-refractivity contribution in [3.63, 3.8) is 0 Å². The third-order valence-corrected chi connectivity index (χ3v) is 2.89. The lowest BCUT2D eigenvalue weighted by atomic mass is 9.69. The van der Waals surface area contributed by atoms with Crippen molar-refractivity contribution in [2.24, 2.45) is 5.92 Å². The number of carbonyl (C=O) groups is 1. The van der Waals surface area contributed by atoms with Gasteiger partial charge in [0.05, 0.1) is 6.20 Å². The summed E-state index contributed by atoms with van der Waals surface area (Å²) in [4.78, 5) is 15.2. The average molecular weight is 193 g/mol. The van der Waals surface area contributed by atoms with Crippen LogP contribution < -0.4 is 0 Å². The summed E-state index contributed by atoms with van der Waals surface area (Å²) in [6.07, 6.45) is 2.63.